The SMILES string of the molecule is COc1cnc(-c2cc(CN(C)CCN(C)C)[nH]n2)c2[nH]cc(C(=O)C(=O)N3CCN(c4nnnn4-c4ccccc4)CC3)c12. The lowest BCUT2D eigenvalue weighted by atomic mass is 10.1. The predicted octanol–water partition coefficient (Wildman–Crippen LogP) is 1.46. The average molecular weight is 613 g/mol. The Morgan fingerprint density at radius 2 is 1.82 bits per heavy atom. The third-order valence-electron chi connectivity index (χ3n) is 7.88. The van der Waals surface area contributed by atoms with E-state index in [9.17, 15) is 9.59 Å². The Hall–Kier alpha value is -5.15. The van der Waals surface area contributed by atoms with E-state index < -0.39 is 11.7 Å². The smallest absolute Gasteiger partial charge is 0.295 e. The van der Waals surface area contributed by atoms with E-state index in [4.69, 9.17) is 4.74 Å². The molecule has 1 fully saturated rings. The van der Waals surface area contributed by atoms with Crippen molar-refractivity contribution < 1.29 is 14.3 Å². The van der Waals surface area contributed by atoms with E-state index in [2.05, 4.69) is 52.5 Å². The minimum absolute atomic E-state index is 0.227. The first kappa shape index (κ1) is 29.9. The molecule has 15 heteroatoms. The number of amides is 1. The van der Waals surface area contributed by atoms with Gasteiger partial charge in [0.05, 0.1) is 35.5 Å². The summed E-state index contributed by atoms with van der Waals surface area (Å²) in [5.74, 6) is -0.225. The number of piperazine rings is 1. The van der Waals surface area contributed by atoms with Crippen molar-refractivity contribution in [2.24, 2.45) is 0 Å². The van der Waals surface area contributed by atoms with Gasteiger partial charge in [-0.3, -0.25) is 19.6 Å². The summed E-state index contributed by atoms with van der Waals surface area (Å²) >= 11 is 0. The molecule has 2 N–H and O–H groups in total. The summed E-state index contributed by atoms with van der Waals surface area (Å²) in [5.41, 5.74) is 3.76. The standard InChI is InChI=1S/C30H36N12O3/c1-38(2)10-11-39(3)19-20-16-23(34-33-20)26-27-25(24(45-4)18-32-26)22(17-31-27)28(43)29(44)40-12-14-41(15-13-40)30-35-36-37-42(30)21-8-6-5-7-9-21/h5-9,16-18,31H,10-15,19H2,1-4H3,(H,33,34). The molecule has 0 atom stereocenters. The van der Waals surface area contributed by atoms with Gasteiger partial charge in [-0.1, -0.05) is 23.3 Å². The number of para-hydroxylation sites is 1. The van der Waals surface area contributed by atoms with Gasteiger partial charge in [-0.2, -0.15) is 9.78 Å². The number of rotatable bonds is 11. The highest BCUT2D eigenvalue weighted by molar-refractivity contribution is 6.45. The number of H-pyrrole nitrogens is 2. The molecule has 0 bridgehead atoms. The minimum atomic E-state index is -0.621. The molecule has 5 heterocycles. The second-order valence-electron chi connectivity index (χ2n) is 11.3. The zero-order valence-electron chi connectivity index (χ0n) is 25.8. The predicted molar refractivity (Wildman–Crippen MR) is 167 cm³/mol. The number of anilines is 1. The van der Waals surface area contributed by atoms with E-state index in [0.29, 0.717) is 66.7 Å². The van der Waals surface area contributed by atoms with Crippen molar-refractivity contribution >= 4 is 28.5 Å². The van der Waals surface area contributed by atoms with Crippen LogP contribution in [0.15, 0.2) is 48.8 Å². The summed E-state index contributed by atoms with van der Waals surface area (Å²) in [5, 5.41) is 20.3. The number of carbonyl (C=O) groups is 2. The fourth-order valence-corrected chi connectivity index (χ4v) is 5.44. The van der Waals surface area contributed by atoms with Crippen LogP contribution in [0.2, 0.25) is 0 Å². The Morgan fingerprint density at radius 3 is 2.56 bits per heavy atom. The monoisotopic (exact) mass is 612 g/mol. The molecule has 1 aromatic carbocycles. The molecule has 1 saturated heterocycles. The first-order chi connectivity index (χ1) is 21.8. The number of methoxy groups -OCH3 is 1. The maximum absolute atomic E-state index is 13.7. The maximum atomic E-state index is 13.7. The lowest BCUT2D eigenvalue weighted by molar-refractivity contribution is -0.126. The molecule has 0 spiro atoms. The Labute approximate surface area is 259 Å². The Bertz CT molecular complexity index is 1790. The fourth-order valence-electron chi connectivity index (χ4n) is 5.44. The highest BCUT2D eigenvalue weighted by Gasteiger charge is 2.31. The molecule has 1 amide bonds. The van der Waals surface area contributed by atoms with E-state index in [0.717, 1.165) is 24.5 Å². The second-order valence-corrected chi connectivity index (χ2v) is 11.3. The highest BCUT2D eigenvalue weighted by Crippen LogP contribution is 2.34. The van der Waals surface area contributed by atoms with Gasteiger partial charge in [0.1, 0.15) is 17.1 Å². The van der Waals surface area contributed by atoms with Crippen LogP contribution in [0.25, 0.3) is 28.0 Å². The molecule has 4 aromatic heterocycles. The third kappa shape index (κ3) is 6.12. The topological polar surface area (TPSA) is 157 Å². The summed E-state index contributed by atoms with van der Waals surface area (Å²) < 4.78 is 7.24. The number of ether oxygens (including phenoxy) is 1. The van der Waals surface area contributed by atoms with Gasteiger partial charge in [0.25, 0.3) is 11.7 Å². The Kier molecular flexibility index (Phi) is 8.53. The lowest BCUT2D eigenvalue weighted by Gasteiger charge is -2.34. The number of nitrogens with one attached hydrogen (secondary N) is 2. The zero-order chi connectivity index (χ0) is 31.5. The minimum Gasteiger partial charge on any atom is -0.494 e. The van der Waals surface area contributed by atoms with Gasteiger partial charge in [0.15, 0.2) is 0 Å². The molecule has 1 aliphatic heterocycles. The van der Waals surface area contributed by atoms with Crippen molar-refractivity contribution in [1.29, 1.82) is 0 Å². The molecule has 0 aliphatic carbocycles. The normalized spacial score (nSPS) is 13.7. The molecule has 234 valence electrons. The molecule has 5 aromatic rings. The molecular formula is C30H36N12O3. The van der Waals surface area contributed by atoms with E-state index >= 15 is 0 Å². The first-order valence-corrected chi connectivity index (χ1v) is 14.7. The van der Waals surface area contributed by atoms with Crippen LogP contribution in [0, 0.1) is 0 Å². The van der Waals surface area contributed by atoms with Gasteiger partial charge in [0.2, 0.25) is 5.95 Å². The average Bonchev–Trinajstić information content (AvgIpc) is 3.84. The Morgan fingerprint density at radius 1 is 1.04 bits per heavy atom. The van der Waals surface area contributed by atoms with E-state index in [1.807, 2.05) is 55.4 Å². The number of aromatic nitrogens is 8. The van der Waals surface area contributed by atoms with E-state index in [-0.39, 0.29) is 5.56 Å². The number of benzene rings is 1. The summed E-state index contributed by atoms with van der Waals surface area (Å²) in [7, 11) is 7.66. The number of carbonyl (C=O) groups excluding carboxylic acids is 2. The third-order valence-corrected chi connectivity index (χ3v) is 7.88. The van der Waals surface area contributed by atoms with E-state index in [1.165, 1.54) is 7.11 Å². The van der Waals surface area contributed by atoms with Crippen molar-refractivity contribution in [2.45, 2.75) is 6.54 Å². The van der Waals surface area contributed by atoms with Crippen LogP contribution >= 0.6 is 0 Å². The van der Waals surface area contributed by atoms with Crippen molar-refractivity contribution in [3.05, 3.63) is 60.0 Å². The maximum Gasteiger partial charge on any atom is 0.295 e. The van der Waals surface area contributed by atoms with Crippen LogP contribution in [0.4, 0.5) is 5.95 Å². The molecule has 45 heavy (non-hydrogen) atoms. The summed E-state index contributed by atoms with van der Waals surface area (Å²) in [6, 6.07) is 11.6. The van der Waals surface area contributed by atoms with Crippen molar-refractivity contribution in [3.8, 4) is 22.8 Å². The van der Waals surface area contributed by atoms with Gasteiger partial charge in [-0.15, -0.1) is 0 Å². The van der Waals surface area contributed by atoms with Crippen LogP contribution in [0.1, 0.15) is 16.1 Å². The van der Waals surface area contributed by atoms with Crippen LogP contribution < -0.4 is 9.64 Å². The number of nitrogens with zero attached hydrogens (tertiary/aromatic N) is 10. The lowest BCUT2D eigenvalue weighted by Crippen LogP contribution is -2.51. The van der Waals surface area contributed by atoms with Crippen LogP contribution in [0.3, 0.4) is 0 Å². The highest BCUT2D eigenvalue weighted by atomic mass is 16.5. The van der Waals surface area contributed by atoms with Gasteiger partial charge < -0.3 is 24.4 Å². The number of tetrazole rings is 1. The van der Waals surface area contributed by atoms with Gasteiger partial charge in [0, 0.05) is 57.7 Å². The van der Waals surface area contributed by atoms with Crippen LogP contribution in [-0.4, -0.2) is 134 Å². The molecule has 15 nitrogen and oxygen atoms in total. The summed E-state index contributed by atoms with van der Waals surface area (Å²) in [4.78, 5) is 42.8. The zero-order valence-corrected chi connectivity index (χ0v) is 25.8. The Balaban J connectivity index is 1.18. The largest absolute Gasteiger partial charge is 0.494 e. The number of hydrogen-bond acceptors (Lipinski definition) is 11. The number of Topliss-reactive ketones (excluding diaryl/α,β-unsaturated/α-hetero) is 1. The number of fused-ring (bicyclic) bond motifs is 1. The van der Waals surface area contributed by atoms with Crippen LogP contribution in [-0.2, 0) is 11.3 Å². The van der Waals surface area contributed by atoms with Crippen LogP contribution in [0.5, 0.6) is 5.75 Å². The van der Waals surface area contributed by atoms with Crippen molar-refractivity contribution in [3.63, 3.8) is 0 Å². The molecular weight excluding hydrogens is 576 g/mol. The number of ketones is 1. The molecule has 1 aliphatic rings. The summed E-state index contributed by atoms with van der Waals surface area (Å²) in [6.07, 6.45) is 3.10. The molecule has 0 radical (unpaired) electrons. The van der Waals surface area contributed by atoms with Gasteiger partial charge in [-0.05, 0) is 49.8 Å². The molecule has 6 rings (SSSR count). The fraction of sp³-hybridized carbons (Fsp3) is 0.367. The number of hydrogen-bond donors (Lipinski definition) is 2. The van der Waals surface area contributed by atoms with E-state index in [1.54, 1.807) is 22.0 Å². The van der Waals surface area contributed by atoms with Gasteiger partial charge in [-0.25, -0.2) is 4.98 Å². The molecule has 0 saturated carbocycles. The summed E-state index contributed by atoms with van der Waals surface area (Å²) in [6.45, 7) is 4.18. The number of pyridine rings is 1. The van der Waals surface area contributed by atoms with Crippen molar-refractivity contribution in [1.82, 2.24) is 55.1 Å². The number of likely N-dealkylation sites (N-methyl/N-ethyl adjacent to an activating group) is 2. The molecule has 0 unspecified atom stereocenters. The van der Waals surface area contributed by atoms with Crippen molar-refractivity contribution in [2.75, 3.05) is 72.4 Å². The first-order valence-electron chi connectivity index (χ1n) is 14.7. The second kappa shape index (κ2) is 12.8. The quantitative estimate of drug-likeness (QED) is 0.164. The number of aromatic amines is 2. The van der Waals surface area contributed by atoms with Gasteiger partial charge >= 0.3 is 0 Å².